The van der Waals surface area contributed by atoms with Crippen LogP contribution in [0.4, 0.5) is 0 Å². The average Bonchev–Trinajstić information content (AvgIpc) is 2.52. The maximum Gasteiger partial charge on any atom is 0.0625 e. The van der Waals surface area contributed by atoms with Gasteiger partial charge in [0.15, 0.2) is 0 Å². The molecule has 3 aliphatic rings. The van der Waals surface area contributed by atoms with Crippen molar-refractivity contribution in [3.63, 3.8) is 0 Å². The fourth-order valence-electron chi connectivity index (χ4n) is 3.23. The van der Waals surface area contributed by atoms with Gasteiger partial charge in [0, 0.05) is 37.6 Å². The molecule has 14 heavy (non-hydrogen) atoms. The Bertz CT molecular complexity index is 237. The highest BCUT2D eigenvalue weighted by Crippen LogP contribution is 2.44. The monoisotopic (exact) mass is 196 g/mol. The number of hydrogen-bond donors (Lipinski definition) is 1. The largest absolute Gasteiger partial charge is 0.379 e. The minimum atomic E-state index is 0.455. The fourth-order valence-corrected chi connectivity index (χ4v) is 3.23. The number of hydrogen-bond acceptors (Lipinski definition) is 3. The Labute approximate surface area is 85.8 Å². The van der Waals surface area contributed by atoms with Gasteiger partial charge in [0.1, 0.15) is 0 Å². The Hall–Kier alpha value is -0.120. The zero-order valence-corrected chi connectivity index (χ0v) is 9.12. The van der Waals surface area contributed by atoms with Gasteiger partial charge in [-0.05, 0) is 5.41 Å². The van der Waals surface area contributed by atoms with Gasteiger partial charge >= 0.3 is 0 Å². The first-order valence-electron chi connectivity index (χ1n) is 5.73. The lowest BCUT2D eigenvalue weighted by molar-refractivity contribution is 0.0822. The predicted octanol–water partition coefficient (Wildman–Crippen LogP) is 0.315. The quantitative estimate of drug-likeness (QED) is 0.653. The Balaban J connectivity index is 1.80. The van der Waals surface area contributed by atoms with E-state index in [0.717, 1.165) is 25.2 Å². The van der Waals surface area contributed by atoms with Crippen molar-refractivity contribution in [2.24, 2.45) is 11.3 Å². The molecule has 0 radical (unpaired) electrons. The summed E-state index contributed by atoms with van der Waals surface area (Å²) < 4.78 is 5.63. The molecule has 0 aromatic carbocycles. The number of nitrogens with zero attached hydrogens (tertiary/aromatic N) is 1. The van der Waals surface area contributed by atoms with Gasteiger partial charge in [0.2, 0.25) is 0 Å². The van der Waals surface area contributed by atoms with Crippen LogP contribution >= 0.6 is 0 Å². The summed E-state index contributed by atoms with van der Waals surface area (Å²) in [6.45, 7) is 10.4. The van der Waals surface area contributed by atoms with Gasteiger partial charge in [0.25, 0.3) is 0 Å². The second-order valence-electron chi connectivity index (χ2n) is 5.68. The molecule has 0 amide bonds. The van der Waals surface area contributed by atoms with E-state index in [-0.39, 0.29) is 0 Å². The third kappa shape index (κ3) is 1.16. The summed E-state index contributed by atoms with van der Waals surface area (Å²) in [5.41, 5.74) is 0.455. The third-order valence-electron chi connectivity index (χ3n) is 4.30. The molecule has 0 spiro atoms. The molecule has 3 fully saturated rings. The van der Waals surface area contributed by atoms with E-state index in [1.807, 2.05) is 0 Å². The van der Waals surface area contributed by atoms with Gasteiger partial charge in [-0.25, -0.2) is 0 Å². The van der Waals surface area contributed by atoms with Crippen LogP contribution in [0.5, 0.6) is 0 Å². The van der Waals surface area contributed by atoms with Crippen LogP contribution in [0.3, 0.4) is 0 Å². The summed E-state index contributed by atoms with van der Waals surface area (Å²) in [5.74, 6) is 0.767. The second kappa shape index (κ2) is 2.94. The van der Waals surface area contributed by atoms with E-state index in [0.29, 0.717) is 11.5 Å². The Morgan fingerprint density at radius 3 is 2.71 bits per heavy atom. The van der Waals surface area contributed by atoms with E-state index < -0.39 is 0 Å². The van der Waals surface area contributed by atoms with E-state index in [1.54, 1.807) is 0 Å². The first kappa shape index (κ1) is 9.13. The van der Waals surface area contributed by atoms with Crippen LogP contribution in [-0.2, 0) is 4.74 Å². The highest BCUT2D eigenvalue weighted by atomic mass is 16.5. The normalized spacial score (nSPS) is 42.4. The van der Waals surface area contributed by atoms with Crippen LogP contribution < -0.4 is 5.32 Å². The number of fused-ring (bicyclic) bond motifs is 1. The molecule has 0 saturated carbocycles. The summed E-state index contributed by atoms with van der Waals surface area (Å²) in [6.07, 6.45) is 0. The maximum absolute atomic E-state index is 5.63. The molecule has 3 aliphatic heterocycles. The molecule has 0 aliphatic carbocycles. The topological polar surface area (TPSA) is 24.5 Å². The molecule has 0 aromatic heterocycles. The summed E-state index contributed by atoms with van der Waals surface area (Å²) in [7, 11) is 0. The first-order chi connectivity index (χ1) is 6.68. The SMILES string of the molecule is CC1(C)CN(C2CNC2)C2COCC21. The van der Waals surface area contributed by atoms with Crippen molar-refractivity contribution in [3.8, 4) is 0 Å². The molecule has 3 heteroatoms. The van der Waals surface area contributed by atoms with Crippen molar-refractivity contribution < 1.29 is 4.74 Å². The van der Waals surface area contributed by atoms with Crippen LogP contribution in [0.1, 0.15) is 13.8 Å². The number of likely N-dealkylation sites (tertiary alicyclic amines) is 1. The molecular weight excluding hydrogens is 176 g/mol. The van der Waals surface area contributed by atoms with Crippen LogP contribution in [0, 0.1) is 11.3 Å². The highest BCUT2D eigenvalue weighted by molar-refractivity contribution is 5.04. The molecule has 0 aromatic rings. The average molecular weight is 196 g/mol. The van der Waals surface area contributed by atoms with Crippen LogP contribution in [-0.4, -0.2) is 49.8 Å². The zero-order valence-electron chi connectivity index (χ0n) is 9.12. The first-order valence-corrected chi connectivity index (χ1v) is 5.73. The Morgan fingerprint density at radius 1 is 1.29 bits per heavy atom. The third-order valence-corrected chi connectivity index (χ3v) is 4.30. The molecule has 80 valence electrons. The van der Waals surface area contributed by atoms with Crippen molar-refractivity contribution in [2.45, 2.75) is 25.9 Å². The van der Waals surface area contributed by atoms with Gasteiger partial charge in [-0.15, -0.1) is 0 Å². The van der Waals surface area contributed by atoms with Crippen molar-refractivity contribution in [1.29, 1.82) is 0 Å². The summed E-state index contributed by atoms with van der Waals surface area (Å²) >= 11 is 0. The zero-order chi connectivity index (χ0) is 9.76. The molecule has 2 atom stereocenters. The van der Waals surface area contributed by atoms with Crippen molar-refractivity contribution in [1.82, 2.24) is 10.2 Å². The number of nitrogens with one attached hydrogen (secondary N) is 1. The van der Waals surface area contributed by atoms with Gasteiger partial charge < -0.3 is 10.1 Å². The van der Waals surface area contributed by atoms with Gasteiger partial charge in [-0.1, -0.05) is 13.8 Å². The molecule has 0 bridgehead atoms. The standard InChI is InChI=1S/C11H20N2O/c1-11(2)7-13(8-3-12-4-8)10-6-14-5-9(10)11/h8-10,12H,3-7H2,1-2H3. The minimum absolute atomic E-state index is 0.455. The predicted molar refractivity (Wildman–Crippen MR) is 55.2 cm³/mol. The van der Waals surface area contributed by atoms with Crippen LogP contribution in [0.25, 0.3) is 0 Å². The lowest BCUT2D eigenvalue weighted by Gasteiger charge is -2.39. The smallest absolute Gasteiger partial charge is 0.0625 e. The van der Waals surface area contributed by atoms with Crippen LogP contribution in [0.2, 0.25) is 0 Å². The molecule has 2 unspecified atom stereocenters. The van der Waals surface area contributed by atoms with Crippen LogP contribution in [0.15, 0.2) is 0 Å². The van der Waals surface area contributed by atoms with E-state index in [4.69, 9.17) is 4.74 Å². The molecule has 1 N–H and O–H groups in total. The Morgan fingerprint density at radius 2 is 2.07 bits per heavy atom. The van der Waals surface area contributed by atoms with E-state index in [1.165, 1.54) is 19.6 Å². The van der Waals surface area contributed by atoms with Gasteiger partial charge in [0.05, 0.1) is 13.2 Å². The van der Waals surface area contributed by atoms with E-state index in [9.17, 15) is 0 Å². The van der Waals surface area contributed by atoms with Gasteiger partial charge in [-0.2, -0.15) is 0 Å². The van der Waals surface area contributed by atoms with Crippen molar-refractivity contribution in [3.05, 3.63) is 0 Å². The molecular formula is C11H20N2O. The highest BCUT2D eigenvalue weighted by Gasteiger charge is 2.52. The number of ether oxygens (including phenoxy) is 1. The Kier molecular flexibility index (Phi) is 1.92. The molecule has 3 rings (SSSR count). The van der Waals surface area contributed by atoms with Crippen molar-refractivity contribution >= 4 is 0 Å². The molecule has 3 nitrogen and oxygen atoms in total. The van der Waals surface area contributed by atoms with Crippen molar-refractivity contribution in [2.75, 3.05) is 32.8 Å². The lowest BCUT2D eigenvalue weighted by Crippen LogP contribution is -2.59. The summed E-state index contributed by atoms with van der Waals surface area (Å²) in [6, 6.07) is 1.49. The van der Waals surface area contributed by atoms with E-state index in [2.05, 4.69) is 24.1 Å². The second-order valence-corrected chi connectivity index (χ2v) is 5.68. The fraction of sp³-hybridized carbons (Fsp3) is 1.00. The summed E-state index contributed by atoms with van der Waals surface area (Å²) in [5, 5.41) is 3.36. The lowest BCUT2D eigenvalue weighted by atomic mass is 9.80. The van der Waals surface area contributed by atoms with E-state index >= 15 is 0 Å². The molecule has 3 heterocycles. The number of rotatable bonds is 1. The molecule has 3 saturated heterocycles. The maximum atomic E-state index is 5.63. The summed E-state index contributed by atoms with van der Waals surface area (Å²) in [4.78, 5) is 2.69. The van der Waals surface area contributed by atoms with Gasteiger partial charge in [-0.3, -0.25) is 4.90 Å². The minimum Gasteiger partial charge on any atom is -0.379 e.